The molecule has 0 bridgehead atoms. The van der Waals surface area contributed by atoms with Crippen molar-refractivity contribution in [2.24, 2.45) is 4.99 Å². The molecule has 6 nitrogen and oxygen atoms in total. The number of nitrogens with zero attached hydrogens (tertiary/aromatic N) is 3. The molecule has 0 spiro atoms. The SMILES string of the molecule is CCNC(=NCc1ccccc1CN(C)C)NCC(=O)N1CCCC1. The molecule has 0 radical (unpaired) electrons. The highest BCUT2D eigenvalue weighted by Crippen LogP contribution is 2.12. The maximum Gasteiger partial charge on any atom is 0.241 e. The Kier molecular flexibility index (Phi) is 7.73. The predicted octanol–water partition coefficient (Wildman–Crippen LogP) is 1.43. The standard InChI is InChI=1S/C19H31N5O/c1-4-20-19(22-14-18(25)24-11-7-8-12-24)21-13-16-9-5-6-10-17(16)15-23(2)3/h5-6,9-10H,4,7-8,11-15H2,1-3H3,(H2,20,21,22). The summed E-state index contributed by atoms with van der Waals surface area (Å²) in [5, 5.41) is 6.38. The lowest BCUT2D eigenvalue weighted by Gasteiger charge is -2.17. The van der Waals surface area contributed by atoms with E-state index in [-0.39, 0.29) is 5.91 Å². The summed E-state index contributed by atoms with van der Waals surface area (Å²) in [6, 6.07) is 8.36. The van der Waals surface area contributed by atoms with Crippen LogP contribution in [0.4, 0.5) is 0 Å². The maximum atomic E-state index is 12.2. The molecule has 1 saturated heterocycles. The second kappa shape index (κ2) is 10.0. The van der Waals surface area contributed by atoms with Crippen LogP contribution in [0, 0.1) is 0 Å². The molecule has 25 heavy (non-hydrogen) atoms. The number of guanidine groups is 1. The lowest BCUT2D eigenvalue weighted by molar-refractivity contribution is -0.128. The number of amides is 1. The fourth-order valence-electron chi connectivity index (χ4n) is 2.95. The monoisotopic (exact) mass is 345 g/mol. The van der Waals surface area contributed by atoms with Crippen molar-refractivity contribution in [1.82, 2.24) is 20.4 Å². The topological polar surface area (TPSA) is 60.0 Å². The van der Waals surface area contributed by atoms with E-state index in [0.29, 0.717) is 19.0 Å². The van der Waals surface area contributed by atoms with E-state index in [0.717, 1.165) is 39.0 Å². The van der Waals surface area contributed by atoms with Crippen molar-refractivity contribution >= 4 is 11.9 Å². The molecule has 6 heteroatoms. The van der Waals surface area contributed by atoms with Gasteiger partial charge in [0, 0.05) is 26.2 Å². The number of likely N-dealkylation sites (tertiary alicyclic amines) is 1. The zero-order chi connectivity index (χ0) is 18.1. The van der Waals surface area contributed by atoms with E-state index in [1.807, 2.05) is 17.9 Å². The van der Waals surface area contributed by atoms with E-state index in [4.69, 9.17) is 0 Å². The van der Waals surface area contributed by atoms with Crippen molar-refractivity contribution in [3.63, 3.8) is 0 Å². The van der Waals surface area contributed by atoms with Crippen molar-refractivity contribution in [3.05, 3.63) is 35.4 Å². The summed E-state index contributed by atoms with van der Waals surface area (Å²) in [4.78, 5) is 20.9. The fourth-order valence-corrected chi connectivity index (χ4v) is 2.95. The average molecular weight is 345 g/mol. The Balaban J connectivity index is 1.96. The molecular weight excluding hydrogens is 314 g/mol. The zero-order valence-electron chi connectivity index (χ0n) is 15.7. The quantitative estimate of drug-likeness (QED) is 0.580. The van der Waals surface area contributed by atoms with Gasteiger partial charge < -0.3 is 20.4 Å². The van der Waals surface area contributed by atoms with E-state index < -0.39 is 0 Å². The molecule has 0 aromatic heterocycles. The van der Waals surface area contributed by atoms with Crippen LogP contribution in [0.1, 0.15) is 30.9 Å². The molecule has 1 aliphatic heterocycles. The molecule has 0 saturated carbocycles. The van der Waals surface area contributed by atoms with Gasteiger partial charge in [-0.3, -0.25) is 4.79 Å². The summed E-state index contributed by atoms with van der Waals surface area (Å²) in [7, 11) is 4.13. The third-order valence-corrected chi connectivity index (χ3v) is 4.22. The summed E-state index contributed by atoms with van der Waals surface area (Å²) >= 11 is 0. The molecule has 0 unspecified atom stereocenters. The van der Waals surface area contributed by atoms with Crippen LogP contribution in [-0.2, 0) is 17.9 Å². The Labute approximate surface area is 151 Å². The van der Waals surface area contributed by atoms with Crippen LogP contribution in [0.25, 0.3) is 0 Å². The number of benzene rings is 1. The van der Waals surface area contributed by atoms with Crippen LogP contribution >= 0.6 is 0 Å². The largest absolute Gasteiger partial charge is 0.357 e. The lowest BCUT2D eigenvalue weighted by Crippen LogP contribution is -2.44. The zero-order valence-corrected chi connectivity index (χ0v) is 15.7. The molecule has 1 heterocycles. The Hall–Kier alpha value is -2.08. The van der Waals surface area contributed by atoms with Crippen LogP contribution in [0.15, 0.2) is 29.3 Å². The first-order valence-corrected chi connectivity index (χ1v) is 9.11. The number of carbonyl (C=O) groups excluding carboxylic acids is 1. The first-order valence-electron chi connectivity index (χ1n) is 9.11. The third-order valence-electron chi connectivity index (χ3n) is 4.22. The Morgan fingerprint density at radius 3 is 2.48 bits per heavy atom. The highest BCUT2D eigenvalue weighted by Gasteiger charge is 2.17. The highest BCUT2D eigenvalue weighted by molar-refractivity contribution is 5.86. The van der Waals surface area contributed by atoms with Crippen LogP contribution < -0.4 is 10.6 Å². The number of carbonyl (C=O) groups is 1. The molecule has 138 valence electrons. The number of nitrogens with one attached hydrogen (secondary N) is 2. The molecular formula is C19H31N5O. The fraction of sp³-hybridized carbons (Fsp3) is 0.579. The second-order valence-electron chi connectivity index (χ2n) is 6.64. The van der Waals surface area contributed by atoms with E-state index >= 15 is 0 Å². The predicted molar refractivity (Wildman–Crippen MR) is 102 cm³/mol. The minimum Gasteiger partial charge on any atom is -0.357 e. The summed E-state index contributed by atoms with van der Waals surface area (Å²) < 4.78 is 0. The molecule has 1 aliphatic rings. The highest BCUT2D eigenvalue weighted by atomic mass is 16.2. The molecule has 0 aliphatic carbocycles. The molecule has 1 aromatic carbocycles. The maximum absolute atomic E-state index is 12.2. The number of hydrogen-bond donors (Lipinski definition) is 2. The summed E-state index contributed by atoms with van der Waals surface area (Å²) in [5.74, 6) is 0.839. The smallest absolute Gasteiger partial charge is 0.241 e. The third kappa shape index (κ3) is 6.38. The molecule has 1 aromatic rings. The normalized spacial score (nSPS) is 14.9. The summed E-state index contributed by atoms with van der Waals surface area (Å²) in [6.45, 7) is 6.34. The van der Waals surface area contributed by atoms with Gasteiger partial charge in [-0.15, -0.1) is 0 Å². The minimum atomic E-state index is 0.149. The van der Waals surface area contributed by atoms with Gasteiger partial charge in [-0.1, -0.05) is 24.3 Å². The van der Waals surface area contributed by atoms with Crippen LogP contribution in [0.3, 0.4) is 0 Å². The van der Waals surface area contributed by atoms with Crippen LogP contribution in [-0.4, -0.2) is 61.9 Å². The molecule has 2 N–H and O–H groups in total. The van der Waals surface area contributed by atoms with Crippen molar-refractivity contribution in [3.8, 4) is 0 Å². The summed E-state index contributed by atoms with van der Waals surface area (Å²) in [5.41, 5.74) is 2.49. The molecule has 1 amide bonds. The van der Waals surface area contributed by atoms with Gasteiger partial charge in [-0.2, -0.15) is 0 Å². The van der Waals surface area contributed by atoms with Crippen molar-refractivity contribution in [2.75, 3.05) is 40.3 Å². The average Bonchev–Trinajstić information content (AvgIpc) is 3.12. The number of rotatable bonds is 7. The second-order valence-corrected chi connectivity index (χ2v) is 6.64. The molecule has 2 rings (SSSR count). The van der Waals surface area contributed by atoms with Gasteiger partial charge in [0.25, 0.3) is 0 Å². The van der Waals surface area contributed by atoms with Gasteiger partial charge in [0.05, 0.1) is 13.1 Å². The van der Waals surface area contributed by atoms with Gasteiger partial charge in [0.1, 0.15) is 0 Å². The lowest BCUT2D eigenvalue weighted by atomic mass is 10.1. The minimum absolute atomic E-state index is 0.149. The van der Waals surface area contributed by atoms with Crippen molar-refractivity contribution in [2.45, 2.75) is 32.9 Å². The molecule has 1 fully saturated rings. The van der Waals surface area contributed by atoms with Crippen LogP contribution in [0.5, 0.6) is 0 Å². The van der Waals surface area contributed by atoms with Gasteiger partial charge in [-0.05, 0) is 45.0 Å². The first-order chi connectivity index (χ1) is 12.1. The molecule has 0 atom stereocenters. The van der Waals surface area contributed by atoms with Gasteiger partial charge >= 0.3 is 0 Å². The van der Waals surface area contributed by atoms with Gasteiger partial charge in [-0.25, -0.2) is 4.99 Å². The first kappa shape index (κ1) is 19.2. The van der Waals surface area contributed by atoms with Gasteiger partial charge in [0.15, 0.2) is 5.96 Å². The van der Waals surface area contributed by atoms with E-state index in [1.54, 1.807) is 0 Å². The summed E-state index contributed by atoms with van der Waals surface area (Å²) in [6.07, 6.45) is 2.23. The van der Waals surface area contributed by atoms with Gasteiger partial charge in [0.2, 0.25) is 5.91 Å². The van der Waals surface area contributed by atoms with E-state index in [2.05, 4.69) is 52.8 Å². The van der Waals surface area contributed by atoms with Crippen LogP contribution in [0.2, 0.25) is 0 Å². The Morgan fingerprint density at radius 1 is 1.16 bits per heavy atom. The van der Waals surface area contributed by atoms with E-state index in [9.17, 15) is 4.79 Å². The Bertz CT molecular complexity index is 579. The number of aliphatic imine (C=N–C) groups is 1. The van der Waals surface area contributed by atoms with Crippen molar-refractivity contribution in [1.29, 1.82) is 0 Å². The number of hydrogen-bond acceptors (Lipinski definition) is 3. The Morgan fingerprint density at radius 2 is 1.84 bits per heavy atom. The van der Waals surface area contributed by atoms with Crippen molar-refractivity contribution < 1.29 is 4.79 Å². The van der Waals surface area contributed by atoms with E-state index in [1.165, 1.54) is 11.1 Å².